The average Bonchev–Trinajstić information content (AvgIpc) is 2.25. The van der Waals surface area contributed by atoms with E-state index in [1.807, 2.05) is 0 Å². The molecule has 5 nitrogen and oxygen atoms in total. The second-order valence-electron chi connectivity index (χ2n) is 3.71. The van der Waals surface area contributed by atoms with Gasteiger partial charge in [-0.25, -0.2) is 4.79 Å². The Morgan fingerprint density at radius 3 is 2.44 bits per heavy atom. The van der Waals surface area contributed by atoms with E-state index in [0.717, 1.165) is 25.7 Å². The van der Waals surface area contributed by atoms with Crippen molar-refractivity contribution >= 4 is 12.1 Å². The molecule has 0 aliphatic heterocycles. The van der Waals surface area contributed by atoms with Crippen LogP contribution >= 0.6 is 0 Å². The van der Waals surface area contributed by atoms with Gasteiger partial charge in [0, 0.05) is 0 Å². The Kier molecular flexibility index (Phi) is 8.29. The first-order valence-electron chi connectivity index (χ1n) is 5.60. The zero-order valence-electron chi connectivity index (χ0n) is 9.90. The fourth-order valence-electron chi connectivity index (χ4n) is 0.990. The van der Waals surface area contributed by atoms with Crippen LogP contribution in [-0.4, -0.2) is 30.4 Å². The van der Waals surface area contributed by atoms with Gasteiger partial charge >= 0.3 is 12.1 Å². The summed E-state index contributed by atoms with van der Waals surface area (Å²) in [7, 11) is 0. The third-order valence-corrected chi connectivity index (χ3v) is 2.09. The number of carbonyl (C=O) groups excluding carboxylic acids is 1. The van der Waals surface area contributed by atoms with Gasteiger partial charge in [-0.15, -0.1) is 0 Å². The molecule has 0 amide bonds. The van der Waals surface area contributed by atoms with Crippen molar-refractivity contribution in [3.63, 3.8) is 0 Å². The highest BCUT2D eigenvalue weighted by Crippen LogP contribution is 2.01. The third kappa shape index (κ3) is 8.08. The largest absolute Gasteiger partial charge is 0.508 e. The Labute approximate surface area is 95.7 Å². The molecule has 0 spiro atoms. The fourth-order valence-corrected chi connectivity index (χ4v) is 0.990. The lowest BCUT2D eigenvalue weighted by atomic mass is 10.2. The highest BCUT2D eigenvalue weighted by Gasteiger charge is 2.14. The molecule has 5 heteroatoms. The van der Waals surface area contributed by atoms with Gasteiger partial charge in [-0.05, 0) is 13.3 Å². The zero-order chi connectivity index (χ0) is 12.4. The summed E-state index contributed by atoms with van der Waals surface area (Å²) in [6, 6.07) is 0. The van der Waals surface area contributed by atoms with Crippen molar-refractivity contribution in [3.05, 3.63) is 0 Å². The van der Waals surface area contributed by atoms with Crippen molar-refractivity contribution < 1.29 is 24.2 Å². The first kappa shape index (κ1) is 14.7. The first-order chi connectivity index (χ1) is 7.57. The molecule has 0 aliphatic rings. The van der Waals surface area contributed by atoms with Gasteiger partial charge in [0.1, 0.15) is 6.61 Å². The van der Waals surface area contributed by atoms with Crippen LogP contribution in [0.4, 0.5) is 4.79 Å². The maximum Gasteiger partial charge on any atom is 0.508 e. The van der Waals surface area contributed by atoms with Crippen LogP contribution in [0.3, 0.4) is 0 Å². The molecule has 0 aromatic heterocycles. The van der Waals surface area contributed by atoms with E-state index in [1.54, 1.807) is 0 Å². The lowest BCUT2D eigenvalue weighted by molar-refractivity contribution is -0.142. The number of aliphatic carboxylic acids is 1. The van der Waals surface area contributed by atoms with Crippen LogP contribution in [0.15, 0.2) is 0 Å². The normalized spacial score (nSPS) is 11.9. The van der Waals surface area contributed by atoms with Crippen LogP contribution in [0, 0.1) is 5.92 Å². The minimum Gasteiger partial charge on any atom is -0.481 e. The van der Waals surface area contributed by atoms with Gasteiger partial charge in [-0.3, -0.25) is 4.79 Å². The van der Waals surface area contributed by atoms with Gasteiger partial charge in [0.2, 0.25) is 0 Å². The molecule has 0 bridgehead atoms. The molecule has 0 aromatic carbocycles. The maximum atomic E-state index is 11.0. The Morgan fingerprint density at radius 1 is 1.19 bits per heavy atom. The molecule has 1 unspecified atom stereocenters. The number of hydrogen-bond donors (Lipinski definition) is 1. The second kappa shape index (κ2) is 9.00. The highest BCUT2D eigenvalue weighted by molar-refractivity contribution is 5.70. The van der Waals surface area contributed by atoms with Gasteiger partial charge in [-0.1, -0.05) is 26.2 Å². The lowest BCUT2D eigenvalue weighted by Gasteiger charge is -2.08. The molecule has 0 saturated carbocycles. The van der Waals surface area contributed by atoms with E-state index in [9.17, 15) is 9.59 Å². The van der Waals surface area contributed by atoms with Gasteiger partial charge in [0.05, 0.1) is 12.5 Å². The van der Waals surface area contributed by atoms with Crippen molar-refractivity contribution in [2.24, 2.45) is 5.92 Å². The number of carboxylic acids is 1. The zero-order valence-corrected chi connectivity index (χ0v) is 9.90. The molecule has 1 N–H and O–H groups in total. The first-order valence-corrected chi connectivity index (χ1v) is 5.60. The van der Waals surface area contributed by atoms with Crippen LogP contribution in [0.2, 0.25) is 0 Å². The summed E-state index contributed by atoms with van der Waals surface area (Å²) in [6.45, 7) is 3.75. The van der Waals surface area contributed by atoms with E-state index in [1.165, 1.54) is 6.92 Å². The van der Waals surface area contributed by atoms with E-state index >= 15 is 0 Å². The van der Waals surface area contributed by atoms with Crippen molar-refractivity contribution in [2.45, 2.75) is 39.5 Å². The van der Waals surface area contributed by atoms with E-state index in [0.29, 0.717) is 6.61 Å². The van der Waals surface area contributed by atoms with E-state index in [-0.39, 0.29) is 6.61 Å². The average molecular weight is 232 g/mol. The molecule has 16 heavy (non-hydrogen) atoms. The van der Waals surface area contributed by atoms with Crippen molar-refractivity contribution in [1.29, 1.82) is 0 Å². The standard InChI is InChI=1S/C11H20O5/c1-3-4-5-6-7-15-11(14)16-8-9(2)10(12)13/h9H,3-8H2,1-2H3,(H,12,13). The van der Waals surface area contributed by atoms with Gasteiger partial charge in [0.15, 0.2) is 0 Å². The summed E-state index contributed by atoms with van der Waals surface area (Å²) in [5.41, 5.74) is 0. The van der Waals surface area contributed by atoms with Crippen LogP contribution in [0.25, 0.3) is 0 Å². The minimum absolute atomic E-state index is 0.150. The summed E-state index contributed by atoms with van der Waals surface area (Å²) in [5, 5.41) is 8.54. The lowest BCUT2D eigenvalue weighted by Crippen LogP contribution is -2.19. The van der Waals surface area contributed by atoms with Crippen LogP contribution in [0.1, 0.15) is 39.5 Å². The third-order valence-electron chi connectivity index (χ3n) is 2.09. The summed E-state index contributed by atoms with van der Waals surface area (Å²) < 4.78 is 9.39. The topological polar surface area (TPSA) is 72.8 Å². The van der Waals surface area contributed by atoms with Gasteiger partial charge < -0.3 is 14.6 Å². The summed E-state index contributed by atoms with van der Waals surface area (Å²) in [5.74, 6) is -1.69. The SMILES string of the molecule is CCCCCCOC(=O)OCC(C)C(=O)O. The monoisotopic (exact) mass is 232 g/mol. The Balaban J connectivity index is 3.41. The van der Waals surface area contributed by atoms with Crippen molar-refractivity contribution in [1.82, 2.24) is 0 Å². The van der Waals surface area contributed by atoms with Crippen LogP contribution in [0.5, 0.6) is 0 Å². The summed E-state index contributed by atoms with van der Waals surface area (Å²) in [6.07, 6.45) is 3.30. The highest BCUT2D eigenvalue weighted by atomic mass is 16.7. The molecule has 94 valence electrons. The molecular formula is C11H20O5. The molecule has 0 fully saturated rings. The van der Waals surface area contributed by atoms with E-state index in [2.05, 4.69) is 11.7 Å². The summed E-state index contributed by atoms with van der Waals surface area (Å²) >= 11 is 0. The molecule has 0 aromatic rings. The quantitative estimate of drug-likeness (QED) is 0.514. The number of hydrogen-bond acceptors (Lipinski definition) is 4. The van der Waals surface area contributed by atoms with E-state index in [4.69, 9.17) is 9.84 Å². The number of rotatable bonds is 8. The van der Waals surface area contributed by atoms with Crippen molar-refractivity contribution in [3.8, 4) is 0 Å². The molecule has 0 rings (SSSR count). The number of ether oxygens (including phenoxy) is 2. The molecule has 0 saturated heterocycles. The smallest absolute Gasteiger partial charge is 0.481 e. The second-order valence-corrected chi connectivity index (χ2v) is 3.71. The molecule has 0 radical (unpaired) electrons. The predicted octanol–water partition coefficient (Wildman–Crippen LogP) is 2.44. The Hall–Kier alpha value is -1.26. The maximum absolute atomic E-state index is 11.0. The van der Waals surface area contributed by atoms with Crippen LogP contribution < -0.4 is 0 Å². The molecule has 0 aliphatic carbocycles. The number of unbranched alkanes of at least 4 members (excludes halogenated alkanes) is 3. The Morgan fingerprint density at radius 2 is 1.88 bits per heavy atom. The van der Waals surface area contributed by atoms with E-state index < -0.39 is 18.0 Å². The fraction of sp³-hybridized carbons (Fsp3) is 0.818. The van der Waals surface area contributed by atoms with Gasteiger partial charge in [-0.2, -0.15) is 0 Å². The molecule has 1 atom stereocenters. The predicted molar refractivity (Wildman–Crippen MR) is 58.2 cm³/mol. The Bertz CT molecular complexity index is 214. The van der Waals surface area contributed by atoms with Crippen LogP contribution in [-0.2, 0) is 14.3 Å². The number of carboxylic acid groups (broad SMARTS) is 1. The number of carbonyl (C=O) groups is 2. The summed E-state index contributed by atoms with van der Waals surface area (Å²) in [4.78, 5) is 21.4. The van der Waals surface area contributed by atoms with Crippen molar-refractivity contribution in [2.75, 3.05) is 13.2 Å². The minimum atomic E-state index is -0.990. The molecule has 0 heterocycles. The van der Waals surface area contributed by atoms with Gasteiger partial charge in [0.25, 0.3) is 0 Å². The molecular weight excluding hydrogens is 212 g/mol.